The van der Waals surface area contributed by atoms with Crippen molar-refractivity contribution in [2.45, 2.75) is 0 Å². The summed E-state index contributed by atoms with van der Waals surface area (Å²) in [6, 6.07) is 5.91. The predicted octanol–water partition coefficient (Wildman–Crippen LogP) is 2.73. The van der Waals surface area contributed by atoms with Crippen molar-refractivity contribution in [3.8, 4) is 0 Å². The van der Waals surface area contributed by atoms with Crippen LogP contribution in [0, 0.1) is 10.1 Å². The standard InChI is InChI=1S/C9H7N5O2/c15-14(16)8-3-1-2-7(6-8)12-13-9-10-4-5-11-9/h1-6H,(H,10,11). The molecule has 7 nitrogen and oxygen atoms in total. The molecular weight excluding hydrogens is 210 g/mol. The van der Waals surface area contributed by atoms with E-state index in [2.05, 4.69) is 20.2 Å². The molecule has 0 aliphatic rings. The number of nitrogens with zero attached hydrogens (tertiary/aromatic N) is 4. The van der Waals surface area contributed by atoms with E-state index >= 15 is 0 Å². The molecule has 16 heavy (non-hydrogen) atoms. The maximum absolute atomic E-state index is 10.5. The van der Waals surface area contributed by atoms with Crippen LogP contribution in [0.3, 0.4) is 0 Å². The number of aromatic amines is 1. The molecule has 0 spiro atoms. The first kappa shape index (κ1) is 9.97. The quantitative estimate of drug-likeness (QED) is 0.486. The highest BCUT2D eigenvalue weighted by Gasteiger charge is 2.04. The van der Waals surface area contributed by atoms with E-state index in [4.69, 9.17) is 0 Å². The zero-order valence-corrected chi connectivity index (χ0v) is 8.07. The first-order chi connectivity index (χ1) is 7.75. The lowest BCUT2D eigenvalue weighted by Gasteiger charge is -1.92. The van der Waals surface area contributed by atoms with Gasteiger partial charge in [-0.15, -0.1) is 10.2 Å². The van der Waals surface area contributed by atoms with E-state index in [9.17, 15) is 10.1 Å². The van der Waals surface area contributed by atoms with Crippen LogP contribution in [0.5, 0.6) is 0 Å². The number of imidazole rings is 1. The van der Waals surface area contributed by atoms with Gasteiger partial charge in [-0.25, -0.2) is 4.98 Å². The van der Waals surface area contributed by atoms with Gasteiger partial charge in [0.25, 0.3) is 5.69 Å². The third-order valence-corrected chi connectivity index (χ3v) is 1.78. The number of azo groups is 1. The molecule has 0 fully saturated rings. The Labute approximate surface area is 90.0 Å². The highest BCUT2D eigenvalue weighted by molar-refractivity contribution is 5.46. The van der Waals surface area contributed by atoms with Crippen LogP contribution in [0.25, 0.3) is 0 Å². The van der Waals surface area contributed by atoms with Gasteiger partial charge >= 0.3 is 0 Å². The Morgan fingerprint density at radius 1 is 1.38 bits per heavy atom. The van der Waals surface area contributed by atoms with Crippen molar-refractivity contribution in [1.82, 2.24) is 9.97 Å². The highest BCUT2D eigenvalue weighted by Crippen LogP contribution is 2.20. The Bertz CT molecular complexity index is 520. The minimum atomic E-state index is -0.480. The van der Waals surface area contributed by atoms with E-state index in [1.807, 2.05) is 0 Å². The number of nitrogens with one attached hydrogen (secondary N) is 1. The smallest absolute Gasteiger partial charge is 0.271 e. The van der Waals surface area contributed by atoms with Crippen molar-refractivity contribution < 1.29 is 4.92 Å². The van der Waals surface area contributed by atoms with Crippen LogP contribution >= 0.6 is 0 Å². The fraction of sp³-hybridized carbons (Fsp3) is 0. The lowest BCUT2D eigenvalue weighted by atomic mass is 10.3. The van der Waals surface area contributed by atoms with E-state index < -0.39 is 4.92 Å². The molecule has 0 radical (unpaired) electrons. The Morgan fingerprint density at radius 3 is 2.94 bits per heavy atom. The van der Waals surface area contributed by atoms with Crippen molar-refractivity contribution in [2.24, 2.45) is 10.2 Å². The zero-order valence-electron chi connectivity index (χ0n) is 8.07. The van der Waals surface area contributed by atoms with E-state index in [0.717, 1.165) is 0 Å². The SMILES string of the molecule is O=[N+]([O-])c1cccc(N=Nc2ncc[nH]2)c1. The van der Waals surface area contributed by atoms with Crippen molar-refractivity contribution in [3.63, 3.8) is 0 Å². The van der Waals surface area contributed by atoms with Gasteiger partial charge < -0.3 is 4.98 Å². The monoisotopic (exact) mass is 217 g/mol. The molecule has 2 aromatic rings. The van der Waals surface area contributed by atoms with Gasteiger partial charge in [0, 0.05) is 24.5 Å². The summed E-state index contributed by atoms with van der Waals surface area (Å²) >= 11 is 0. The van der Waals surface area contributed by atoms with Gasteiger partial charge in [-0.3, -0.25) is 10.1 Å². The molecule has 0 aliphatic heterocycles. The first-order valence-corrected chi connectivity index (χ1v) is 4.41. The van der Waals surface area contributed by atoms with E-state index in [0.29, 0.717) is 11.6 Å². The Hall–Kier alpha value is -2.57. The third-order valence-electron chi connectivity index (χ3n) is 1.78. The molecule has 0 bridgehead atoms. The van der Waals surface area contributed by atoms with Gasteiger partial charge in [0.1, 0.15) is 0 Å². The largest absolute Gasteiger partial charge is 0.328 e. The molecule has 2 rings (SSSR count). The van der Waals surface area contributed by atoms with Crippen molar-refractivity contribution in [3.05, 3.63) is 46.8 Å². The van der Waals surface area contributed by atoms with Crippen molar-refractivity contribution in [2.75, 3.05) is 0 Å². The van der Waals surface area contributed by atoms with Crippen LogP contribution in [-0.4, -0.2) is 14.9 Å². The topological polar surface area (TPSA) is 96.5 Å². The minimum absolute atomic E-state index is 0.0177. The summed E-state index contributed by atoms with van der Waals surface area (Å²) in [7, 11) is 0. The van der Waals surface area contributed by atoms with Gasteiger partial charge in [0.15, 0.2) is 0 Å². The van der Waals surface area contributed by atoms with Gasteiger partial charge in [0.05, 0.1) is 10.6 Å². The number of benzene rings is 1. The second kappa shape index (κ2) is 4.30. The van der Waals surface area contributed by atoms with Gasteiger partial charge in [-0.1, -0.05) is 6.07 Å². The summed E-state index contributed by atoms with van der Waals surface area (Å²) in [6.07, 6.45) is 3.16. The number of hydrogen-bond donors (Lipinski definition) is 1. The van der Waals surface area contributed by atoms with Crippen molar-refractivity contribution >= 4 is 17.3 Å². The van der Waals surface area contributed by atoms with Crippen LogP contribution in [0.2, 0.25) is 0 Å². The van der Waals surface area contributed by atoms with Gasteiger partial charge in [-0.05, 0) is 6.07 Å². The third kappa shape index (κ3) is 2.27. The summed E-state index contributed by atoms with van der Waals surface area (Å²) in [6.45, 7) is 0. The lowest BCUT2D eigenvalue weighted by molar-refractivity contribution is -0.384. The second-order valence-electron chi connectivity index (χ2n) is 2.89. The second-order valence-corrected chi connectivity index (χ2v) is 2.89. The summed E-state index contributed by atoms with van der Waals surface area (Å²) in [4.78, 5) is 16.6. The fourth-order valence-electron chi connectivity index (χ4n) is 1.09. The molecule has 0 saturated carbocycles. The number of non-ortho nitro benzene ring substituents is 1. The van der Waals surface area contributed by atoms with Gasteiger partial charge in [-0.2, -0.15) is 0 Å². The number of hydrogen-bond acceptors (Lipinski definition) is 5. The summed E-state index contributed by atoms with van der Waals surface area (Å²) in [5.74, 6) is 0.353. The average molecular weight is 217 g/mol. The molecule has 7 heteroatoms. The highest BCUT2D eigenvalue weighted by atomic mass is 16.6. The molecule has 1 N–H and O–H groups in total. The molecule has 1 aromatic carbocycles. The van der Waals surface area contributed by atoms with E-state index in [1.165, 1.54) is 12.1 Å². The molecule has 80 valence electrons. The number of nitro groups is 1. The summed E-state index contributed by atoms with van der Waals surface area (Å²) < 4.78 is 0. The molecule has 0 saturated heterocycles. The number of aromatic nitrogens is 2. The maximum Gasteiger partial charge on any atom is 0.271 e. The molecular formula is C9H7N5O2. The van der Waals surface area contributed by atoms with Crippen LogP contribution in [0.4, 0.5) is 17.3 Å². The van der Waals surface area contributed by atoms with Crippen LogP contribution in [-0.2, 0) is 0 Å². The maximum atomic E-state index is 10.5. The molecule has 0 amide bonds. The lowest BCUT2D eigenvalue weighted by Crippen LogP contribution is -1.85. The number of rotatable bonds is 3. The number of H-pyrrole nitrogens is 1. The first-order valence-electron chi connectivity index (χ1n) is 4.41. The predicted molar refractivity (Wildman–Crippen MR) is 55.9 cm³/mol. The summed E-state index contributed by atoms with van der Waals surface area (Å²) in [5.41, 5.74) is 0.390. The molecule has 1 aromatic heterocycles. The Kier molecular flexibility index (Phi) is 2.68. The van der Waals surface area contributed by atoms with E-state index in [-0.39, 0.29) is 5.69 Å². The van der Waals surface area contributed by atoms with E-state index in [1.54, 1.807) is 24.5 Å². The minimum Gasteiger partial charge on any atom is -0.328 e. The molecule has 1 heterocycles. The normalized spacial score (nSPS) is 10.8. The van der Waals surface area contributed by atoms with Crippen LogP contribution in [0.1, 0.15) is 0 Å². The molecule has 0 atom stereocenters. The fourth-order valence-corrected chi connectivity index (χ4v) is 1.09. The number of nitro benzene ring substituents is 1. The Morgan fingerprint density at radius 2 is 2.25 bits per heavy atom. The average Bonchev–Trinajstić information content (AvgIpc) is 2.79. The summed E-state index contributed by atoms with van der Waals surface area (Å²) in [5, 5.41) is 18.1. The zero-order chi connectivity index (χ0) is 11.4. The molecule has 0 unspecified atom stereocenters. The van der Waals surface area contributed by atoms with Crippen LogP contribution < -0.4 is 0 Å². The van der Waals surface area contributed by atoms with Gasteiger partial charge in [0.2, 0.25) is 5.95 Å². The Balaban J connectivity index is 2.22. The van der Waals surface area contributed by atoms with Crippen molar-refractivity contribution in [1.29, 1.82) is 0 Å². The van der Waals surface area contributed by atoms with Crippen LogP contribution in [0.15, 0.2) is 46.9 Å². The molecule has 0 aliphatic carbocycles.